The van der Waals surface area contributed by atoms with Crippen molar-refractivity contribution in [2.24, 2.45) is 0 Å². The molecule has 0 aromatic heterocycles. The summed E-state index contributed by atoms with van der Waals surface area (Å²) < 4.78 is 0. The number of aliphatic hydroxyl groups is 2. The predicted octanol–water partition coefficient (Wildman–Crippen LogP) is 3.05. The molecule has 1 aliphatic rings. The van der Waals surface area contributed by atoms with E-state index >= 15 is 0 Å². The molecule has 1 fully saturated rings. The average Bonchev–Trinajstić information content (AvgIpc) is 2.97. The van der Waals surface area contributed by atoms with Gasteiger partial charge in [0.05, 0.1) is 16.5 Å². The summed E-state index contributed by atoms with van der Waals surface area (Å²) in [7, 11) is 0. The van der Waals surface area contributed by atoms with Gasteiger partial charge in [0.1, 0.15) is 5.76 Å². The Labute approximate surface area is 170 Å². The number of nitro benzene ring substituents is 1. The number of halogens is 1. The van der Waals surface area contributed by atoms with E-state index in [1.54, 1.807) is 12.1 Å². The maximum Gasteiger partial charge on any atom is 0.295 e. The van der Waals surface area contributed by atoms with E-state index in [9.17, 15) is 24.8 Å². The van der Waals surface area contributed by atoms with Crippen LogP contribution in [0.4, 0.5) is 5.69 Å². The Bertz CT molecular complexity index is 985. The van der Waals surface area contributed by atoms with E-state index in [0.717, 1.165) is 0 Å². The Kier molecular flexibility index (Phi) is 5.95. The van der Waals surface area contributed by atoms with E-state index in [4.69, 9.17) is 16.7 Å². The summed E-state index contributed by atoms with van der Waals surface area (Å²) in [5.41, 5.74) is 0.479. The van der Waals surface area contributed by atoms with Gasteiger partial charge in [0.15, 0.2) is 0 Å². The van der Waals surface area contributed by atoms with Gasteiger partial charge in [0, 0.05) is 35.9 Å². The second-order valence-corrected chi connectivity index (χ2v) is 6.86. The fourth-order valence-electron chi connectivity index (χ4n) is 3.24. The van der Waals surface area contributed by atoms with Gasteiger partial charge in [-0.15, -0.1) is 0 Å². The van der Waals surface area contributed by atoms with Crippen molar-refractivity contribution in [3.8, 4) is 0 Å². The highest BCUT2D eigenvalue weighted by molar-refractivity contribution is 6.46. The minimum Gasteiger partial charge on any atom is -0.507 e. The Morgan fingerprint density at radius 1 is 1.10 bits per heavy atom. The van der Waals surface area contributed by atoms with Crippen LogP contribution in [0.25, 0.3) is 5.76 Å². The molecule has 0 radical (unpaired) electrons. The monoisotopic (exact) mass is 416 g/mol. The van der Waals surface area contributed by atoms with Gasteiger partial charge in [-0.2, -0.15) is 0 Å². The summed E-state index contributed by atoms with van der Waals surface area (Å²) in [5, 5.41) is 31.3. The van der Waals surface area contributed by atoms with Crippen LogP contribution >= 0.6 is 11.6 Å². The number of non-ortho nitro benzene ring substituents is 1. The lowest BCUT2D eigenvalue weighted by Crippen LogP contribution is -2.31. The highest BCUT2D eigenvalue weighted by Gasteiger charge is 2.45. The van der Waals surface area contributed by atoms with Crippen molar-refractivity contribution in [3.05, 3.63) is 80.4 Å². The van der Waals surface area contributed by atoms with E-state index in [1.807, 2.05) is 0 Å². The first-order valence-electron chi connectivity index (χ1n) is 8.74. The van der Waals surface area contributed by atoms with Crippen molar-refractivity contribution < 1.29 is 24.7 Å². The van der Waals surface area contributed by atoms with E-state index in [1.165, 1.54) is 41.3 Å². The molecule has 9 heteroatoms. The van der Waals surface area contributed by atoms with Gasteiger partial charge in [0.25, 0.3) is 17.4 Å². The lowest BCUT2D eigenvalue weighted by molar-refractivity contribution is -0.384. The third-order valence-electron chi connectivity index (χ3n) is 4.63. The molecule has 8 nitrogen and oxygen atoms in total. The number of aliphatic hydroxyl groups excluding tert-OH is 2. The van der Waals surface area contributed by atoms with Crippen LogP contribution in [0, 0.1) is 10.1 Å². The number of hydrogen-bond acceptors (Lipinski definition) is 6. The number of amides is 1. The van der Waals surface area contributed by atoms with Crippen LogP contribution in [-0.4, -0.2) is 44.9 Å². The molecular weight excluding hydrogens is 400 g/mol. The minimum absolute atomic E-state index is 0.0835. The molecule has 0 aliphatic carbocycles. The van der Waals surface area contributed by atoms with Crippen molar-refractivity contribution in [2.45, 2.75) is 12.5 Å². The number of ketones is 1. The molecule has 3 rings (SSSR count). The van der Waals surface area contributed by atoms with Gasteiger partial charge >= 0.3 is 0 Å². The van der Waals surface area contributed by atoms with E-state index in [2.05, 4.69) is 0 Å². The molecule has 150 valence electrons. The van der Waals surface area contributed by atoms with Crippen molar-refractivity contribution >= 4 is 34.7 Å². The number of nitro groups is 1. The molecule has 1 saturated heterocycles. The molecule has 0 saturated carbocycles. The van der Waals surface area contributed by atoms with Crippen molar-refractivity contribution in [1.29, 1.82) is 0 Å². The normalized spacial score (nSPS) is 18.3. The van der Waals surface area contributed by atoms with E-state index < -0.39 is 22.7 Å². The summed E-state index contributed by atoms with van der Waals surface area (Å²) in [6.45, 7) is -0.104. The summed E-state index contributed by atoms with van der Waals surface area (Å²) in [5.74, 6) is -2.04. The van der Waals surface area contributed by atoms with Crippen LogP contribution < -0.4 is 0 Å². The maximum absolute atomic E-state index is 12.7. The first-order valence-corrected chi connectivity index (χ1v) is 9.12. The lowest BCUT2D eigenvalue weighted by Gasteiger charge is -2.25. The quantitative estimate of drug-likeness (QED) is 0.245. The Morgan fingerprint density at radius 3 is 2.28 bits per heavy atom. The van der Waals surface area contributed by atoms with Crippen LogP contribution in [-0.2, 0) is 9.59 Å². The van der Waals surface area contributed by atoms with Gasteiger partial charge in [-0.25, -0.2) is 0 Å². The Morgan fingerprint density at radius 2 is 1.72 bits per heavy atom. The number of rotatable bonds is 6. The molecule has 1 atom stereocenters. The largest absolute Gasteiger partial charge is 0.507 e. The van der Waals surface area contributed by atoms with Crippen LogP contribution in [0.2, 0.25) is 5.02 Å². The minimum atomic E-state index is -0.932. The van der Waals surface area contributed by atoms with Crippen molar-refractivity contribution in [1.82, 2.24) is 4.90 Å². The molecule has 29 heavy (non-hydrogen) atoms. The first-order chi connectivity index (χ1) is 13.8. The molecule has 2 aromatic carbocycles. The molecule has 0 bridgehead atoms. The van der Waals surface area contributed by atoms with Gasteiger partial charge in [-0.3, -0.25) is 19.7 Å². The molecule has 1 amide bonds. The zero-order valence-electron chi connectivity index (χ0n) is 15.1. The fraction of sp³-hybridized carbons (Fsp3) is 0.200. The predicted molar refractivity (Wildman–Crippen MR) is 105 cm³/mol. The third kappa shape index (κ3) is 3.98. The summed E-state index contributed by atoms with van der Waals surface area (Å²) in [6, 6.07) is 10.6. The average molecular weight is 417 g/mol. The van der Waals surface area contributed by atoms with Crippen LogP contribution in [0.1, 0.15) is 23.6 Å². The summed E-state index contributed by atoms with van der Waals surface area (Å²) >= 11 is 5.87. The number of benzene rings is 2. The summed E-state index contributed by atoms with van der Waals surface area (Å²) in [4.78, 5) is 36.9. The molecule has 2 N–H and O–H groups in total. The summed E-state index contributed by atoms with van der Waals surface area (Å²) in [6.07, 6.45) is 0.234. The van der Waals surface area contributed by atoms with Gasteiger partial charge < -0.3 is 15.1 Å². The number of hydrogen-bond donors (Lipinski definition) is 2. The van der Waals surface area contributed by atoms with Gasteiger partial charge in [-0.1, -0.05) is 11.6 Å². The van der Waals surface area contributed by atoms with E-state index in [-0.39, 0.29) is 36.6 Å². The van der Waals surface area contributed by atoms with Crippen molar-refractivity contribution in [2.75, 3.05) is 13.2 Å². The molecular formula is C20H17ClN2O6. The molecule has 0 spiro atoms. The van der Waals surface area contributed by atoms with Gasteiger partial charge in [-0.05, 0) is 48.4 Å². The SMILES string of the molecule is O=C1C(=O)N(CCCO)C(c2ccc([N+](=O)[O-])cc2)/C1=C(/O)c1ccc(Cl)cc1. The maximum atomic E-state index is 12.7. The standard InChI is InChI=1S/C20H17ClN2O6/c21-14-6-2-13(3-7-14)18(25)16-17(12-4-8-15(9-5-12)23(28)29)22(10-1-11-24)20(27)19(16)26/h2-9,17,24-25H,1,10-11H2/b18-16-. The number of nitrogens with zero attached hydrogens (tertiary/aromatic N) is 2. The third-order valence-corrected chi connectivity index (χ3v) is 4.89. The lowest BCUT2D eigenvalue weighted by atomic mass is 9.95. The fourth-order valence-corrected chi connectivity index (χ4v) is 3.37. The smallest absolute Gasteiger partial charge is 0.295 e. The Hall–Kier alpha value is -3.23. The second-order valence-electron chi connectivity index (χ2n) is 6.43. The van der Waals surface area contributed by atoms with Crippen LogP contribution in [0.3, 0.4) is 0 Å². The zero-order chi connectivity index (χ0) is 21.1. The highest BCUT2D eigenvalue weighted by Crippen LogP contribution is 2.39. The Balaban J connectivity index is 2.14. The number of carbonyl (C=O) groups excluding carboxylic acids is 2. The molecule has 2 aromatic rings. The molecule has 1 unspecified atom stereocenters. The van der Waals surface area contributed by atoms with Crippen LogP contribution in [0.5, 0.6) is 0 Å². The number of likely N-dealkylation sites (tertiary alicyclic amines) is 1. The van der Waals surface area contributed by atoms with Crippen molar-refractivity contribution in [3.63, 3.8) is 0 Å². The topological polar surface area (TPSA) is 121 Å². The number of carbonyl (C=O) groups is 2. The van der Waals surface area contributed by atoms with Gasteiger partial charge in [0.2, 0.25) is 0 Å². The molecule has 1 heterocycles. The highest BCUT2D eigenvalue weighted by atomic mass is 35.5. The number of Topliss-reactive ketones (excluding diaryl/α,β-unsaturated/α-hetero) is 1. The zero-order valence-corrected chi connectivity index (χ0v) is 15.9. The first kappa shape index (κ1) is 20.5. The second kappa shape index (κ2) is 8.42. The van der Waals surface area contributed by atoms with E-state index in [0.29, 0.717) is 16.1 Å². The van der Waals surface area contributed by atoms with Crippen LogP contribution in [0.15, 0.2) is 54.1 Å². The molecule has 1 aliphatic heterocycles.